The highest BCUT2D eigenvalue weighted by Crippen LogP contribution is 2.58. The molecule has 11 rings (SSSR count). The van der Waals surface area contributed by atoms with Gasteiger partial charge in [0.15, 0.2) is 23.2 Å². The molecule has 2 heterocycles. The first kappa shape index (κ1) is 33.2. The van der Waals surface area contributed by atoms with Gasteiger partial charge in [0.2, 0.25) is 0 Å². The molecule has 0 saturated heterocycles. The van der Waals surface area contributed by atoms with Gasteiger partial charge in [-0.2, -0.15) is 0 Å². The van der Waals surface area contributed by atoms with Gasteiger partial charge in [0, 0.05) is 32.9 Å². The van der Waals surface area contributed by atoms with Crippen LogP contribution in [0, 0.1) is 6.57 Å². The third-order valence-electron chi connectivity index (χ3n) is 12.2. The molecule has 0 N–H and O–H groups in total. The Kier molecular flexibility index (Phi) is 7.72. The normalized spacial score (nSPS) is 14.1. The molecule has 0 bridgehead atoms. The van der Waals surface area contributed by atoms with Crippen molar-refractivity contribution in [3.63, 3.8) is 0 Å². The van der Waals surface area contributed by atoms with Gasteiger partial charge in [0.25, 0.3) is 0 Å². The van der Waals surface area contributed by atoms with Gasteiger partial charge >= 0.3 is 0 Å². The Morgan fingerprint density at radius 3 is 1.81 bits per heavy atom. The molecule has 270 valence electrons. The lowest BCUT2D eigenvalue weighted by molar-refractivity contribution is 0.353. The second-order valence-electron chi connectivity index (χ2n) is 15.3. The van der Waals surface area contributed by atoms with E-state index < -0.39 is 0 Å². The van der Waals surface area contributed by atoms with E-state index in [1.54, 1.807) is 0 Å². The van der Waals surface area contributed by atoms with Crippen molar-refractivity contribution in [1.29, 1.82) is 0 Å². The van der Waals surface area contributed by atoms with E-state index in [-0.39, 0.29) is 5.41 Å². The van der Waals surface area contributed by atoms with Crippen LogP contribution in [0.15, 0.2) is 162 Å². The number of nitrogens with zero attached hydrogens (tertiary/aromatic N) is 4. The second kappa shape index (κ2) is 13.3. The number of furan rings is 1. The molecular weight excluding hydrogens is 697 g/mol. The van der Waals surface area contributed by atoms with E-state index in [0.29, 0.717) is 23.2 Å². The van der Waals surface area contributed by atoms with Gasteiger partial charge in [0.1, 0.15) is 11.2 Å². The van der Waals surface area contributed by atoms with Gasteiger partial charge in [-0.1, -0.05) is 147 Å². The van der Waals surface area contributed by atoms with E-state index in [4.69, 9.17) is 25.9 Å². The number of rotatable bonds is 5. The average Bonchev–Trinajstić information content (AvgIpc) is 3.79. The zero-order valence-corrected chi connectivity index (χ0v) is 31.2. The van der Waals surface area contributed by atoms with E-state index in [2.05, 4.69) is 120 Å². The van der Waals surface area contributed by atoms with Crippen molar-refractivity contribution in [2.75, 3.05) is 0 Å². The van der Waals surface area contributed by atoms with E-state index >= 15 is 0 Å². The lowest BCUT2D eigenvalue weighted by atomic mass is 9.67. The van der Waals surface area contributed by atoms with E-state index in [1.165, 1.54) is 47.1 Å². The second-order valence-corrected chi connectivity index (χ2v) is 15.3. The van der Waals surface area contributed by atoms with Crippen molar-refractivity contribution in [2.45, 2.75) is 37.5 Å². The Morgan fingerprint density at radius 2 is 1.07 bits per heavy atom. The minimum Gasteiger partial charge on any atom is -0.456 e. The van der Waals surface area contributed by atoms with Gasteiger partial charge < -0.3 is 4.42 Å². The van der Waals surface area contributed by atoms with E-state index in [0.717, 1.165) is 68.2 Å². The van der Waals surface area contributed by atoms with Crippen molar-refractivity contribution < 1.29 is 4.42 Å². The van der Waals surface area contributed by atoms with Crippen molar-refractivity contribution in [3.8, 4) is 67.5 Å². The number of aromatic nitrogens is 3. The van der Waals surface area contributed by atoms with E-state index in [9.17, 15) is 0 Å². The minimum absolute atomic E-state index is 0.0160. The van der Waals surface area contributed by atoms with Gasteiger partial charge in [0.05, 0.1) is 6.57 Å². The standard InChI is InChI=1S/C52H36N4O/c1-53-39-26-27-44-43(32-39)48-40(14-10-15-45(48)52(44)29-8-3-9-30-52)35-19-23-37(24-20-35)50-54-49(36-21-17-34(18-22-36)33-11-4-2-5-12-33)55-51(56-50)38-25-28-47-42(31-38)41-13-6-7-16-46(41)57-47/h2,4-7,10-28,31-32H,3,8-9,29-30H2. The van der Waals surface area contributed by atoms with Crippen LogP contribution in [0.4, 0.5) is 5.69 Å². The van der Waals surface area contributed by atoms with Gasteiger partial charge in [-0.05, 0) is 87.7 Å². The number of hydrogen-bond donors (Lipinski definition) is 0. The molecule has 0 radical (unpaired) electrons. The van der Waals surface area contributed by atoms with Crippen LogP contribution in [0.5, 0.6) is 0 Å². The van der Waals surface area contributed by atoms with Crippen LogP contribution in [0.1, 0.15) is 43.2 Å². The summed E-state index contributed by atoms with van der Waals surface area (Å²) in [7, 11) is 0. The minimum atomic E-state index is 0.0160. The predicted molar refractivity (Wildman–Crippen MR) is 230 cm³/mol. The van der Waals surface area contributed by atoms with Gasteiger partial charge in [-0.3, -0.25) is 0 Å². The topological polar surface area (TPSA) is 56.2 Å². The highest BCUT2D eigenvalue weighted by Gasteiger charge is 2.44. The summed E-state index contributed by atoms with van der Waals surface area (Å²) < 4.78 is 6.15. The molecule has 9 aromatic rings. The smallest absolute Gasteiger partial charge is 0.187 e. The Balaban J connectivity index is 1.02. The maximum atomic E-state index is 7.80. The fraction of sp³-hybridized carbons (Fsp3) is 0.115. The summed E-state index contributed by atoms with van der Waals surface area (Å²) in [6.07, 6.45) is 6.02. The molecule has 57 heavy (non-hydrogen) atoms. The predicted octanol–water partition coefficient (Wildman–Crippen LogP) is 13.9. The zero-order valence-electron chi connectivity index (χ0n) is 31.2. The molecule has 1 spiro atoms. The largest absolute Gasteiger partial charge is 0.456 e. The summed E-state index contributed by atoms with van der Waals surface area (Å²) in [5, 5.41) is 2.09. The molecule has 0 aliphatic heterocycles. The number of para-hydroxylation sites is 1. The first-order valence-electron chi connectivity index (χ1n) is 19.8. The fourth-order valence-electron chi connectivity index (χ4n) is 9.42. The Labute approximate surface area is 331 Å². The molecule has 1 fully saturated rings. The molecule has 0 atom stereocenters. The lowest BCUT2D eigenvalue weighted by Gasteiger charge is -2.36. The molecular formula is C52H36N4O. The summed E-state index contributed by atoms with van der Waals surface area (Å²) in [4.78, 5) is 19.1. The number of benzene rings is 7. The molecule has 2 aliphatic rings. The van der Waals surface area contributed by atoms with Crippen LogP contribution in [0.25, 0.3) is 94.3 Å². The SMILES string of the molecule is [C-]#[N+]c1ccc2c(c1)-c1c(-c3ccc(-c4nc(-c5ccc(-c6ccccc6)cc5)nc(-c5ccc6oc7ccccc7c6c5)n4)cc3)cccc1C21CCCCC1. The summed E-state index contributed by atoms with van der Waals surface area (Å²) in [6.45, 7) is 7.80. The number of fused-ring (bicyclic) bond motifs is 8. The Bertz CT molecular complexity index is 3040. The third-order valence-corrected chi connectivity index (χ3v) is 12.2. The molecule has 1 saturated carbocycles. The summed E-state index contributed by atoms with van der Waals surface area (Å²) in [6, 6.07) is 54.9. The third kappa shape index (κ3) is 5.48. The van der Waals surface area contributed by atoms with Crippen LogP contribution in [0.2, 0.25) is 0 Å². The van der Waals surface area contributed by atoms with Crippen molar-refractivity contribution in [2.24, 2.45) is 0 Å². The van der Waals surface area contributed by atoms with Crippen LogP contribution in [0.3, 0.4) is 0 Å². The van der Waals surface area contributed by atoms with Crippen LogP contribution in [-0.4, -0.2) is 15.0 Å². The van der Waals surface area contributed by atoms with Crippen molar-refractivity contribution >= 4 is 27.6 Å². The van der Waals surface area contributed by atoms with Gasteiger partial charge in [-0.25, -0.2) is 19.8 Å². The fourth-order valence-corrected chi connectivity index (χ4v) is 9.42. The lowest BCUT2D eigenvalue weighted by Crippen LogP contribution is -2.27. The van der Waals surface area contributed by atoms with Crippen molar-refractivity contribution in [1.82, 2.24) is 15.0 Å². The molecule has 2 aliphatic carbocycles. The van der Waals surface area contributed by atoms with Crippen LogP contribution >= 0.6 is 0 Å². The summed E-state index contributed by atoms with van der Waals surface area (Å²) in [5.41, 5.74) is 15.0. The maximum absolute atomic E-state index is 7.80. The first-order chi connectivity index (χ1) is 28.1. The zero-order chi connectivity index (χ0) is 37.9. The number of hydrogen-bond acceptors (Lipinski definition) is 4. The maximum Gasteiger partial charge on any atom is 0.187 e. The van der Waals surface area contributed by atoms with Crippen molar-refractivity contribution in [3.05, 3.63) is 180 Å². The monoisotopic (exact) mass is 732 g/mol. The highest BCUT2D eigenvalue weighted by molar-refractivity contribution is 6.06. The van der Waals surface area contributed by atoms with Crippen LogP contribution in [-0.2, 0) is 5.41 Å². The first-order valence-corrected chi connectivity index (χ1v) is 19.8. The van der Waals surface area contributed by atoms with Crippen LogP contribution < -0.4 is 0 Å². The summed E-state index contributed by atoms with van der Waals surface area (Å²) >= 11 is 0. The van der Waals surface area contributed by atoms with Gasteiger partial charge in [-0.15, -0.1) is 0 Å². The molecule has 2 aromatic heterocycles. The average molecular weight is 733 g/mol. The molecule has 0 amide bonds. The summed E-state index contributed by atoms with van der Waals surface area (Å²) in [5.74, 6) is 1.82. The Morgan fingerprint density at radius 1 is 0.456 bits per heavy atom. The quantitative estimate of drug-likeness (QED) is 0.165. The Hall–Kier alpha value is -7.16. The molecule has 7 aromatic carbocycles. The highest BCUT2D eigenvalue weighted by atomic mass is 16.3. The molecule has 0 unspecified atom stereocenters. The van der Waals surface area contributed by atoms with E-state index in [1.807, 2.05) is 42.5 Å². The molecule has 5 nitrogen and oxygen atoms in total. The molecule has 5 heteroatoms.